The first kappa shape index (κ1) is 7.35. The fourth-order valence-electron chi connectivity index (χ4n) is 1.17. The maximum atomic E-state index is 11.0. The molecule has 2 heteroatoms. The zero-order chi connectivity index (χ0) is 8.55. The number of pyridine rings is 1. The zero-order valence-electron chi connectivity index (χ0n) is 7.08. The van der Waals surface area contributed by atoms with E-state index in [9.17, 15) is 5.21 Å². The van der Waals surface area contributed by atoms with Crippen LogP contribution in [0.4, 0.5) is 0 Å². The Labute approximate surface area is 71.7 Å². The summed E-state index contributed by atoms with van der Waals surface area (Å²) in [5.41, 5.74) is 3.38. The number of hydrogen-bond acceptors (Lipinski definition) is 1. The van der Waals surface area contributed by atoms with Crippen molar-refractivity contribution in [2.75, 3.05) is 0 Å². The van der Waals surface area contributed by atoms with E-state index in [1.165, 1.54) is 18.4 Å². The molecule has 1 aromatic heterocycles. The summed E-state index contributed by atoms with van der Waals surface area (Å²) < 4.78 is 0.884. The Morgan fingerprint density at radius 2 is 2.25 bits per heavy atom. The molecule has 1 aliphatic rings. The zero-order valence-corrected chi connectivity index (χ0v) is 7.08. The van der Waals surface area contributed by atoms with Gasteiger partial charge in [0, 0.05) is 19.1 Å². The maximum Gasteiger partial charge on any atom is 0.190 e. The van der Waals surface area contributed by atoms with Gasteiger partial charge in [-0.2, -0.15) is 4.73 Å². The number of allylic oxidation sites excluding steroid dienone is 1. The molecule has 0 spiro atoms. The van der Waals surface area contributed by atoms with Gasteiger partial charge in [-0.05, 0) is 18.4 Å². The molecule has 1 heterocycles. The van der Waals surface area contributed by atoms with Crippen LogP contribution in [-0.2, 0) is 0 Å². The molecule has 1 saturated carbocycles. The van der Waals surface area contributed by atoms with Gasteiger partial charge in [0.2, 0.25) is 0 Å². The first-order valence-corrected chi connectivity index (χ1v) is 4.15. The molecule has 62 valence electrons. The largest absolute Gasteiger partial charge is 0.619 e. The molecule has 0 N–H and O–H groups in total. The third-order valence-electron chi connectivity index (χ3n) is 2.04. The molecule has 1 fully saturated rings. The lowest BCUT2D eigenvalue weighted by Crippen LogP contribution is -2.28. The van der Waals surface area contributed by atoms with Crippen molar-refractivity contribution in [1.82, 2.24) is 0 Å². The lowest BCUT2D eigenvalue weighted by molar-refractivity contribution is -0.612. The minimum absolute atomic E-state index is 0.755. The third kappa shape index (κ3) is 1.47. The van der Waals surface area contributed by atoms with Crippen molar-refractivity contribution >= 4 is 6.08 Å². The van der Waals surface area contributed by atoms with Crippen molar-refractivity contribution in [2.45, 2.75) is 19.8 Å². The molecule has 0 bridgehead atoms. The predicted octanol–water partition coefficient (Wildman–Crippen LogP) is 1.81. The number of aromatic nitrogens is 1. The maximum absolute atomic E-state index is 11.0. The highest BCUT2D eigenvalue weighted by Crippen LogP contribution is 2.29. The molecule has 1 aromatic rings. The minimum Gasteiger partial charge on any atom is -0.619 e. The van der Waals surface area contributed by atoms with Gasteiger partial charge in [0.1, 0.15) is 0 Å². The van der Waals surface area contributed by atoms with Gasteiger partial charge in [-0.25, -0.2) is 0 Å². The second kappa shape index (κ2) is 2.63. The summed E-state index contributed by atoms with van der Waals surface area (Å²) in [7, 11) is 0. The van der Waals surface area contributed by atoms with Gasteiger partial charge in [0.15, 0.2) is 11.9 Å². The molecule has 0 saturated heterocycles. The van der Waals surface area contributed by atoms with E-state index in [-0.39, 0.29) is 0 Å². The normalized spacial score (nSPS) is 14.6. The molecule has 12 heavy (non-hydrogen) atoms. The molecule has 2 rings (SSSR count). The fraction of sp³-hybridized carbons (Fsp3) is 0.300. The van der Waals surface area contributed by atoms with Crippen molar-refractivity contribution in [3.8, 4) is 0 Å². The molecule has 2 nitrogen and oxygen atoms in total. The van der Waals surface area contributed by atoms with E-state index in [0.29, 0.717) is 0 Å². The van der Waals surface area contributed by atoms with Gasteiger partial charge >= 0.3 is 0 Å². The van der Waals surface area contributed by atoms with Crippen molar-refractivity contribution in [3.05, 3.63) is 40.4 Å². The number of aryl methyl sites for hydroxylation is 1. The fourth-order valence-corrected chi connectivity index (χ4v) is 1.17. The number of nitrogens with zero attached hydrogens (tertiary/aromatic N) is 1. The number of rotatable bonds is 1. The first-order valence-electron chi connectivity index (χ1n) is 4.15. The van der Waals surface area contributed by atoms with Crippen LogP contribution >= 0.6 is 0 Å². The predicted molar refractivity (Wildman–Crippen MR) is 47.4 cm³/mol. The Hall–Kier alpha value is -1.31. The molecule has 0 unspecified atom stereocenters. The van der Waals surface area contributed by atoms with Gasteiger partial charge in [0.05, 0.1) is 0 Å². The average molecular weight is 161 g/mol. The molecular weight excluding hydrogens is 150 g/mol. The highest BCUT2D eigenvalue weighted by molar-refractivity contribution is 5.55. The Morgan fingerprint density at radius 3 is 2.83 bits per heavy atom. The SMILES string of the molecule is Cc1cc(C=C2CC2)cc[n+]1[O-]. The summed E-state index contributed by atoms with van der Waals surface area (Å²) in [6, 6.07) is 3.77. The van der Waals surface area contributed by atoms with Crippen molar-refractivity contribution in [2.24, 2.45) is 0 Å². The molecular formula is C10H11NO. The van der Waals surface area contributed by atoms with Crippen LogP contribution in [0.25, 0.3) is 6.08 Å². The highest BCUT2D eigenvalue weighted by atomic mass is 16.5. The second-order valence-corrected chi connectivity index (χ2v) is 3.23. The molecule has 1 aliphatic carbocycles. The third-order valence-corrected chi connectivity index (χ3v) is 2.04. The summed E-state index contributed by atoms with van der Waals surface area (Å²) in [4.78, 5) is 0. The Kier molecular flexibility index (Phi) is 1.61. The first-order chi connectivity index (χ1) is 5.75. The Bertz CT molecular complexity index is 336. The summed E-state index contributed by atoms with van der Waals surface area (Å²) in [6.45, 7) is 1.82. The van der Waals surface area contributed by atoms with E-state index in [4.69, 9.17) is 0 Å². The van der Waals surface area contributed by atoms with Crippen LogP contribution in [0, 0.1) is 12.1 Å². The molecule has 0 aromatic carbocycles. The van der Waals surface area contributed by atoms with E-state index in [1.807, 2.05) is 19.1 Å². The van der Waals surface area contributed by atoms with Crippen LogP contribution in [0.3, 0.4) is 0 Å². The van der Waals surface area contributed by atoms with Crippen LogP contribution in [-0.4, -0.2) is 0 Å². The monoisotopic (exact) mass is 161 g/mol. The van der Waals surface area contributed by atoms with Crippen molar-refractivity contribution < 1.29 is 4.73 Å². The van der Waals surface area contributed by atoms with Gasteiger partial charge in [-0.3, -0.25) is 0 Å². The van der Waals surface area contributed by atoms with Crippen molar-refractivity contribution in [3.63, 3.8) is 0 Å². The lowest BCUT2D eigenvalue weighted by atomic mass is 10.2. The molecule has 0 amide bonds. The Balaban J connectivity index is 2.33. The van der Waals surface area contributed by atoms with Crippen LogP contribution < -0.4 is 4.73 Å². The van der Waals surface area contributed by atoms with Crippen LogP contribution in [0.1, 0.15) is 24.1 Å². The summed E-state index contributed by atoms with van der Waals surface area (Å²) in [6.07, 6.45) is 6.17. The van der Waals surface area contributed by atoms with Crippen LogP contribution in [0.2, 0.25) is 0 Å². The Morgan fingerprint density at radius 1 is 1.50 bits per heavy atom. The van der Waals surface area contributed by atoms with E-state index >= 15 is 0 Å². The van der Waals surface area contributed by atoms with Crippen LogP contribution in [0.5, 0.6) is 0 Å². The minimum atomic E-state index is 0.755. The smallest absolute Gasteiger partial charge is 0.190 e. The van der Waals surface area contributed by atoms with E-state index in [1.54, 1.807) is 6.20 Å². The quantitative estimate of drug-likeness (QED) is 0.455. The van der Waals surface area contributed by atoms with E-state index in [2.05, 4.69) is 6.08 Å². The van der Waals surface area contributed by atoms with Crippen LogP contribution in [0.15, 0.2) is 23.9 Å². The van der Waals surface area contributed by atoms with Crippen molar-refractivity contribution in [1.29, 1.82) is 0 Å². The van der Waals surface area contributed by atoms with Gasteiger partial charge in [-0.1, -0.05) is 11.6 Å². The summed E-state index contributed by atoms with van der Waals surface area (Å²) in [5, 5.41) is 11.0. The van der Waals surface area contributed by atoms with Gasteiger partial charge in [-0.15, -0.1) is 0 Å². The van der Waals surface area contributed by atoms with E-state index < -0.39 is 0 Å². The number of hydrogen-bond donors (Lipinski definition) is 0. The molecule has 0 atom stereocenters. The summed E-state index contributed by atoms with van der Waals surface area (Å²) in [5.74, 6) is 0. The second-order valence-electron chi connectivity index (χ2n) is 3.23. The molecule has 0 radical (unpaired) electrons. The summed E-state index contributed by atoms with van der Waals surface area (Å²) >= 11 is 0. The highest BCUT2D eigenvalue weighted by Gasteiger charge is 2.10. The van der Waals surface area contributed by atoms with Gasteiger partial charge < -0.3 is 5.21 Å². The topological polar surface area (TPSA) is 26.9 Å². The molecule has 0 aliphatic heterocycles. The lowest BCUT2D eigenvalue weighted by Gasteiger charge is -1.99. The van der Waals surface area contributed by atoms with E-state index in [0.717, 1.165) is 16.0 Å². The van der Waals surface area contributed by atoms with Gasteiger partial charge in [0.25, 0.3) is 0 Å². The standard InChI is InChI=1S/C10H11NO/c1-8-6-10(4-5-11(8)12)7-9-2-3-9/h4-7H,2-3H2,1H3. The average Bonchev–Trinajstić information content (AvgIpc) is 2.81.